The van der Waals surface area contributed by atoms with Crippen molar-refractivity contribution in [2.75, 3.05) is 0 Å². The highest BCUT2D eigenvalue weighted by Gasteiger charge is 2.43. The Morgan fingerprint density at radius 1 is 1.21 bits per heavy atom. The fourth-order valence-electron chi connectivity index (χ4n) is 3.89. The summed E-state index contributed by atoms with van der Waals surface area (Å²) in [5.74, 6) is 0.775. The van der Waals surface area contributed by atoms with Gasteiger partial charge in [-0.15, -0.1) is 0 Å². The molecule has 2 heterocycles. The van der Waals surface area contributed by atoms with Crippen LogP contribution in [-0.2, 0) is 10.2 Å². The Morgan fingerprint density at radius 3 is 2.64 bits per heavy atom. The van der Waals surface area contributed by atoms with Crippen molar-refractivity contribution in [3.63, 3.8) is 0 Å². The number of hydrogen-bond donors (Lipinski definition) is 2. The monoisotopic (exact) mass is 379 g/mol. The van der Waals surface area contributed by atoms with Gasteiger partial charge in [0.15, 0.2) is 5.82 Å². The molecule has 0 aliphatic heterocycles. The third-order valence-electron chi connectivity index (χ3n) is 5.47. The number of carbonyl (C=O) groups is 1. The summed E-state index contributed by atoms with van der Waals surface area (Å²) >= 11 is 0. The fourth-order valence-corrected chi connectivity index (χ4v) is 3.89. The molecule has 1 fully saturated rings. The smallest absolute Gasteiger partial charge is 0.231 e. The van der Waals surface area contributed by atoms with Gasteiger partial charge in [-0.25, -0.2) is 9.37 Å². The normalized spacial score (nSPS) is 16.6. The average molecular weight is 379 g/mol. The molecule has 7 heteroatoms. The second kappa shape index (κ2) is 7.50. The predicted octanol–water partition coefficient (Wildman–Crippen LogP) is 3.70. The van der Waals surface area contributed by atoms with E-state index in [1.54, 1.807) is 24.5 Å². The third kappa shape index (κ3) is 3.40. The van der Waals surface area contributed by atoms with Gasteiger partial charge in [0.1, 0.15) is 11.6 Å². The summed E-state index contributed by atoms with van der Waals surface area (Å²) < 4.78 is 13.3. The van der Waals surface area contributed by atoms with Gasteiger partial charge in [0.25, 0.3) is 0 Å². The average Bonchev–Trinajstić information content (AvgIpc) is 3.40. The second-order valence-electron chi connectivity index (χ2n) is 7.28. The lowest BCUT2D eigenvalue weighted by Crippen LogP contribution is -2.43. The molecular weight excluding hydrogens is 357 g/mol. The zero-order chi connectivity index (χ0) is 19.6. The lowest BCUT2D eigenvalue weighted by Gasteiger charge is -2.29. The summed E-state index contributed by atoms with van der Waals surface area (Å²) in [6.45, 7) is 1.87. The number of amides is 1. The molecule has 2 N–H and O–H groups in total. The fraction of sp³-hybridized carbons (Fsp3) is 0.333. The van der Waals surface area contributed by atoms with Crippen LogP contribution in [0, 0.1) is 5.82 Å². The molecule has 4 rings (SSSR count). The lowest BCUT2D eigenvalue weighted by molar-refractivity contribution is -0.127. The van der Waals surface area contributed by atoms with E-state index in [9.17, 15) is 9.18 Å². The molecular formula is C21H22FN5O. The highest BCUT2D eigenvalue weighted by molar-refractivity contribution is 5.88. The molecule has 0 bridgehead atoms. The number of nitrogens with one attached hydrogen (secondary N) is 2. The first-order chi connectivity index (χ1) is 13.6. The Labute approximate surface area is 162 Å². The number of benzene rings is 1. The van der Waals surface area contributed by atoms with Gasteiger partial charge in [0.05, 0.1) is 11.5 Å². The minimum absolute atomic E-state index is 0.0524. The molecule has 0 radical (unpaired) electrons. The lowest BCUT2D eigenvalue weighted by atomic mass is 9.78. The van der Waals surface area contributed by atoms with Crippen LogP contribution in [0.25, 0.3) is 11.4 Å². The van der Waals surface area contributed by atoms with Crippen LogP contribution in [0.4, 0.5) is 4.39 Å². The van der Waals surface area contributed by atoms with Crippen molar-refractivity contribution >= 4 is 5.91 Å². The number of rotatable bonds is 5. The molecule has 144 valence electrons. The molecule has 1 aliphatic rings. The zero-order valence-electron chi connectivity index (χ0n) is 15.7. The molecule has 0 unspecified atom stereocenters. The van der Waals surface area contributed by atoms with E-state index in [1.165, 1.54) is 12.1 Å². The first kappa shape index (κ1) is 18.3. The van der Waals surface area contributed by atoms with Crippen molar-refractivity contribution in [1.82, 2.24) is 25.5 Å². The SMILES string of the molecule is C[C@@H](NC(=O)C1(c2ccc(F)cc2)CCCC1)c1nc(-c2cccnc2)n[nH]1. The number of aromatic amines is 1. The van der Waals surface area contributed by atoms with Gasteiger partial charge in [-0.2, -0.15) is 5.10 Å². The standard InChI is InChI=1S/C21H22FN5O/c1-14(18-25-19(27-26-18)15-5-4-12-23-13-15)24-20(28)21(10-2-3-11-21)16-6-8-17(22)9-7-16/h4-9,12-14H,2-3,10-11H2,1H3,(H,24,28)(H,25,26,27)/t14-/m1/s1. The van der Waals surface area contributed by atoms with Crippen LogP contribution in [-0.4, -0.2) is 26.1 Å². The van der Waals surface area contributed by atoms with Crippen molar-refractivity contribution in [3.05, 3.63) is 66.0 Å². The summed E-state index contributed by atoms with van der Waals surface area (Å²) in [5.41, 5.74) is 1.06. The molecule has 1 atom stereocenters. The number of carbonyl (C=O) groups excluding carboxylic acids is 1. The van der Waals surface area contributed by atoms with E-state index in [0.29, 0.717) is 11.6 Å². The Balaban J connectivity index is 1.53. The van der Waals surface area contributed by atoms with E-state index < -0.39 is 5.41 Å². The summed E-state index contributed by atoms with van der Waals surface area (Å²) in [6, 6.07) is 9.66. The first-order valence-electron chi connectivity index (χ1n) is 9.48. The minimum atomic E-state index is -0.617. The van der Waals surface area contributed by atoms with Crippen LogP contribution in [0.1, 0.15) is 50.0 Å². The second-order valence-corrected chi connectivity index (χ2v) is 7.28. The molecule has 6 nitrogen and oxygen atoms in total. The molecule has 0 saturated heterocycles. The summed E-state index contributed by atoms with van der Waals surface area (Å²) in [6.07, 6.45) is 6.86. The molecule has 28 heavy (non-hydrogen) atoms. The molecule has 1 aliphatic carbocycles. The van der Waals surface area contributed by atoms with Crippen molar-refractivity contribution in [1.29, 1.82) is 0 Å². The maximum Gasteiger partial charge on any atom is 0.231 e. The molecule has 1 aromatic carbocycles. The summed E-state index contributed by atoms with van der Waals surface area (Å²) in [5, 5.41) is 10.2. The number of pyridine rings is 1. The Morgan fingerprint density at radius 2 is 1.96 bits per heavy atom. The van der Waals surface area contributed by atoms with Crippen LogP contribution in [0.3, 0.4) is 0 Å². The maximum atomic E-state index is 13.3. The molecule has 1 saturated carbocycles. The van der Waals surface area contributed by atoms with Crippen molar-refractivity contribution in [2.45, 2.75) is 44.1 Å². The molecule has 3 aromatic rings. The zero-order valence-corrected chi connectivity index (χ0v) is 15.7. The van der Waals surface area contributed by atoms with Crippen LogP contribution in [0.5, 0.6) is 0 Å². The van der Waals surface area contributed by atoms with Crippen LogP contribution >= 0.6 is 0 Å². The Kier molecular flexibility index (Phi) is 4.90. The van der Waals surface area contributed by atoms with E-state index in [-0.39, 0.29) is 17.8 Å². The number of nitrogens with zero attached hydrogens (tertiary/aromatic N) is 3. The topological polar surface area (TPSA) is 83.6 Å². The van der Waals surface area contributed by atoms with Crippen LogP contribution < -0.4 is 5.32 Å². The van der Waals surface area contributed by atoms with Gasteiger partial charge in [-0.05, 0) is 49.6 Å². The summed E-state index contributed by atoms with van der Waals surface area (Å²) in [4.78, 5) is 21.8. The Hall–Kier alpha value is -3.09. The first-order valence-corrected chi connectivity index (χ1v) is 9.48. The number of halogens is 1. The summed E-state index contributed by atoms with van der Waals surface area (Å²) in [7, 11) is 0. The number of H-pyrrole nitrogens is 1. The van der Waals surface area contributed by atoms with Crippen LogP contribution in [0.2, 0.25) is 0 Å². The van der Waals surface area contributed by atoms with E-state index in [4.69, 9.17) is 0 Å². The van der Waals surface area contributed by atoms with Crippen molar-refractivity contribution in [2.24, 2.45) is 0 Å². The van der Waals surface area contributed by atoms with Gasteiger partial charge < -0.3 is 5.32 Å². The Bertz CT molecular complexity index is 948. The largest absolute Gasteiger partial charge is 0.346 e. The van der Waals surface area contributed by atoms with Gasteiger partial charge in [-0.3, -0.25) is 14.9 Å². The van der Waals surface area contributed by atoms with Crippen molar-refractivity contribution < 1.29 is 9.18 Å². The van der Waals surface area contributed by atoms with Gasteiger partial charge in [-0.1, -0.05) is 25.0 Å². The molecule has 1 amide bonds. The molecule has 0 spiro atoms. The maximum absolute atomic E-state index is 13.3. The van der Waals surface area contributed by atoms with E-state index >= 15 is 0 Å². The van der Waals surface area contributed by atoms with Gasteiger partial charge >= 0.3 is 0 Å². The highest BCUT2D eigenvalue weighted by atomic mass is 19.1. The van der Waals surface area contributed by atoms with E-state index in [1.807, 2.05) is 19.1 Å². The number of aromatic nitrogens is 4. The third-order valence-corrected chi connectivity index (χ3v) is 5.47. The minimum Gasteiger partial charge on any atom is -0.346 e. The van der Waals surface area contributed by atoms with Crippen LogP contribution in [0.15, 0.2) is 48.8 Å². The van der Waals surface area contributed by atoms with E-state index in [0.717, 1.165) is 36.8 Å². The van der Waals surface area contributed by atoms with E-state index in [2.05, 4.69) is 25.5 Å². The van der Waals surface area contributed by atoms with Gasteiger partial charge in [0, 0.05) is 18.0 Å². The highest BCUT2D eigenvalue weighted by Crippen LogP contribution is 2.41. The van der Waals surface area contributed by atoms with Gasteiger partial charge in [0.2, 0.25) is 5.91 Å². The quantitative estimate of drug-likeness (QED) is 0.708. The van der Waals surface area contributed by atoms with Crippen molar-refractivity contribution in [3.8, 4) is 11.4 Å². The predicted molar refractivity (Wildman–Crippen MR) is 103 cm³/mol. The molecule has 2 aromatic heterocycles. The number of hydrogen-bond acceptors (Lipinski definition) is 4.